The Labute approximate surface area is 163 Å². The van der Waals surface area contributed by atoms with Crippen LogP contribution >= 0.6 is 0 Å². The second-order valence-electron chi connectivity index (χ2n) is 6.12. The zero-order chi connectivity index (χ0) is 19.9. The number of benzene rings is 2. The van der Waals surface area contributed by atoms with E-state index in [9.17, 15) is 4.79 Å². The van der Waals surface area contributed by atoms with Crippen molar-refractivity contribution in [2.75, 3.05) is 19.5 Å². The first-order chi connectivity index (χ1) is 13.6. The summed E-state index contributed by atoms with van der Waals surface area (Å²) in [4.78, 5) is 20.8. The van der Waals surface area contributed by atoms with Crippen LogP contribution in [0.1, 0.15) is 21.5 Å². The third-order valence-electron chi connectivity index (χ3n) is 4.15. The van der Waals surface area contributed by atoms with Crippen LogP contribution in [-0.2, 0) is 6.54 Å². The monoisotopic (exact) mass is 378 g/mol. The van der Waals surface area contributed by atoms with Crippen LogP contribution in [-0.4, -0.2) is 30.1 Å². The molecule has 0 bridgehead atoms. The van der Waals surface area contributed by atoms with Gasteiger partial charge in [-0.1, -0.05) is 24.3 Å². The van der Waals surface area contributed by atoms with Gasteiger partial charge in [0.25, 0.3) is 5.91 Å². The molecule has 0 aliphatic carbocycles. The SMILES string of the molecule is COc1ccccc1CNC(=O)c1cnc(Nc2cc(C)ccc2OC)nc1. The molecule has 2 aromatic carbocycles. The molecule has 0 saturated heterocycles. The van der Waals surface area contributed by atoms with Gasteiger partial charge in [-0.25, -0.2) is 9.97 Å². The first-order valence-corrected chi connectivity index (χ1v) is 8.74. The lowest BCUT2D eigenvalue weighted by molar-refractivity contribution is 0.0950. The second kappa shape index (κ2) is 8.85. The third-order valence-corrected chi connectivity index (χ3v) is 4.15. The molecule has 28 heavy (non-hydrogen) atoms. The highest BCUT2D eigenvalue weighted by atomic mass is 16.5. The van der Waals surface area contributed by atoms with Gasteiger partial charge in [-0.2, -0.15) is 0 Å². The van der Waals surface area contributed by atoms with Gasteiger partial charge in [0.2, 0.25) is 5.95 Å². The molecule has 0 spiro atoms. The maximum Gasteiger partial charge on any atom is 0.254 e. The molecule has 7 heteroatoms. The average Bonchev–Trinajstić information content (AvgIpc) is 2.73. The number of hydrogen-bond donors (Lipinski definition) is 2. The lowest BCUT2D eigenvalue weighted by atomic mass is 10.2. The summed E-state index contributed by atoms with van der Waals surface area (Å²) in [7, 11) is 3.20. The van der Waals surface area contributed by atoms with Crippen LogP contribution in [0.15, 0.2) is 54.9 Å². The molecular formula is C21H22N4O3. The Hall–Kier alpha value is -3.61. The van der Waals surface area contributed by atoms with Crippen LogP contribution in [0.4, 0.5) is 11.6 Å². The number of anilines is 2. The summed E-state index contributed by atoms with van der Waals surface area (Å²) in [6, 6.07) is 13.3. The fourth-order valence-corrected chi connectivity index (χ4v) is 2.68. The Bertz CT molecular complexity index is 958. The Kier molecular flexibility index (Phi) is 6.06. The largest absolute Gasteiger partial charge is 0.496 e. The van der Waals surface area contributed by atoms with Crippen molar-refractivity contribution in [1.82, 2.24) is 15.3 Å². The quantitative estimate of drug-likeness (QED) is 0.655. The van der Waals surface area contributed by atoms with Crippen LogP contribution in [0, 0.1) is 6.92 Å². The minimum atomic E-state index is -0.259. The van der Waals surface area contributed by atoms with E-state index in [0.717, 1.165) is 22.6 Å². The van der Waals surface area contributed by atoms with Crippen LogP contribution in [0.3, 0.4) is 0 Å². The zero-order valence-corrected chi connectivity index (χ0v) is 16.0. The molecule has 3 aromatic rings. The normalized spacial score (nSPS) is 10.2. The van der Waals surface area contributed by atoms with Crippen molar-refractivity contribution in [3.8, 4) is 11.5 Å². The minimum Gasteiger partial charge on any atom is -0.496 e. The molecule has 2 N–H and O–H groups in total. The van der Waals surface area contributed by atoms with E-state index < -0.39 is 0 Å². The number of carbonyl (C=O) groups excluding carboxylic acids is 1. The summed E-state index contributed by atoms with van der Waals surface area (Å²) in [6.45, 7) is 2.34. The third kappa shape index (κ3) is 4.56. The first-order valence-electron chi connectivity index (χ1n) is 8.74. The Morgan fingerprint density at radius 3 is 2.43 bits per heavy atom. The minimum absolute atomic E-state index is 0.259. The molecule has 0 fully saturated rings. The van der Waals surface area contributed by atoms with E-state index in [1.807, 2.05) is 49.4 Å². The van der Waals surface area contributed by atoms with Gasteiger partial charge in [-0.3, -0.25) is 4.79 Å². The smallest absolute Gasteiger partial charge is 0.254 e. The highest BCUT2D eigenvalue weighted by Gasteiger charge is 2.10. The van der Waals surface area contributed by atoms with Crippen LogP contribution < -0.4 is 20.1 Å². The van der Waals surface area contributed by atoms with Crippen molar-refractivity contribution in [1.29, 1.82) is 0 Å². The van der Waals surface area contributed by atoms with Crippen molar-refractivity contribution < 1.29 is 14.3 Å². The number of ether oxygens (including phenoxy) is 2. The highest BCUT2D eigenvalue weighted by molar-refractivity contribution is 5.93. The van der Waals surface area contributed by atoms with Crippen LogP contribution in [0.5, 0.6) is 11.5 Å². The van der Waals surface area contributed by atoms with Crippen molar-refractivity contribution in [3.05, 3.63) is 71.5 Å². The zero-order valence-electron chi connectivity index (χ0n) is 16.0. The highest BCUT2D eigenvalue weighted by Crippen LogP contribution is 2.27. The molecule has 1 amide bonds. The van der Waals surface area contributed by atoms with E-state index in [1.165, 1.54) is 12.4 Å². The standard InChI is InChI=1S/C21H22N4O3/c1-14-8-9-19(28-3)17(10-14)25-21-23-12-16(13-24-21)20(26)22-11-15-6-4-5-7-18(15)27-2/h4-10,12-13H,11H2,1-3H3,(H,22,26)(H,23,24,25). The second-order valence-corrected chi connectivity index (χ2v) is 6.12. The summed E-state index contributed by atoms with van der Waals surface area (Å²) in [5.74, 6) is 1.54. The van der Waals surface area contributed by atoms with Gasteiger partial charge in [0.15, 0.2) is 0 Å². The van der Waals surface area contributed by atoms with Gasteiger partial charge in [-0.15, -0.1) is 0 Å². The number of aromatic nitrogens is 2. The number of amides is 1. The van der Waals surface area contributed by atoms with Crippen LogP contribution in [0.25, 0.3) is 0 Å². The Morgan fingerprint density at radius 2 is 1.71 bits per heavy atom. The molecule has 0 aliphatic rings. The number of nitrogens with one attached hydrogen (secondary N) is 2. The number of carbonyl (C=O) groups is 1. The Balaban J connectivity index is 1.65. The molecule has 3 rings (SSSR count). The molecule has 144 valence electrons. The van der Waals surface area contributed by atoms with E-state index in [4.69, 9.17) is 9.47 Å². The fraction of sp³-hybridized carbons (Fsp3) is 0.190. The summed E-state index contributed by atoms with van der Waals surface area (Å²) >= 11 is 0. The lowest BCUT2D eigenvalue weighted by Crippen LogP contribution is -2.23. The number of rotatable bonds is 7. The maximum atomic E-state index is 12.4. The fourth-order valence-electron chi connectivity index (χ4n) is 2.68. The van der Waals surface area contributed by atoms with Crippen molar-refractivity contribution >= 4 is 17.5 Å². The number of nitrogens with zero attached hydrogens (tertiary/aromatic N) is 2. The summed E-state index contributed by atoms with van der Waals surface area (Å²) in [6.07, 6.45) is 2.96. The average molecular weight is 378 g/mol. The van der Waals surface area contributed by atoms with Crippen molar-refractivity contribution in [2.45, 2.75) is 13.5 Å². The molecule has 0 atom stereocenters. The maximum absolute atomic E-state index is 12.4. The molecule has 1 heterocycles. The van der Waals surface area contributed by atoms with E-state index in [0.29, 0.717) is 23.8 Å². The number of methoxy groups -OCH3 is 2. The number of hydrogen-bond acceptors (Lipinski definition) is 6. The van der Waals surface area contributed by atoms with Crippen LogP contribution in [0.2, 0.25) is 0 Å². The first kappa shape index (κ1) is 19.2. The predicted molar refractivity (Wildman–Crippen MR) is 107 cm³/mol. The van der Waals surface area contributed by atoms with Gasteiger partial charge < -0.3 is 20.1 Å². The molecule has 0 radical (unpaired) electrons. The molecular weight excluding hydrogens is 356 g/mol. The predicted octanol–water partition coefficient (Wildman–Crippen LogP) is 3.48. The summed E-state index contributed by atoms with van der Waals surface area (Å²) in [5.41, 5.74) is 3.10. The number of aryl methyl sites for hydroxylation is 1. The van der Waals surface area contributed by atoms with E-state index in [1.54, 1.807) is 14.2 Å². The molecule has 1 aromatic heterocycles. The molecule has 0 unspecified atom stereocenters. The van der Waals surface area contributed by atoms with Crippen molar-refractivity contribution in [2.24, 2.45) is 0 Å². The van der Waals surface area contributed by atoms with Gasteiger partial charge in [0.05, 0.1) is 25.5 Å². The van der Waals surface area contributed by atoms with Gasteiger partial charge >= 0.3 is 0 Å². The topological polar surface area (TPSA) is 85.4 Å². The van der Waals surface area contributed by atoms with E-state index >= 15 is 0 Å². The van der Waals surface area contributed by atoms with Crippen molar-refractivity contribution in [3.63, 3.8) is 0 Å². The molecule has 0 saturated carbocycles. The summed E-state index contributed by atoms with van der Waals surface area (Å²) in [5, 5.41) is 5.95. The molecule has 7 nitrogen and oxygen atoms in total. The Morgan fingerprint density at radius 1 is 1.00 bits per heavy atom. The van der Waals surface area contributed by atoms with Gasteiger partial charge in [0.1, 0.15) is 11.5 Å². The van der Waals surface area contributed by atoms with E-state index in [-0.39, 0.29) is 5.91 Å². The number of para-hydroxylation sites is 1. The lowest BCUT2D eigenvalue weighted by Gasteiger charge is -2.11. The van der Waals surface area contributed by atoms with E-state index in [2.05, 4.69) is 20.6 Å². The van der Waals surface area contributed by atoms with Gasteiger partial charge in [-0.05, 0) is 30.7 Å². The summed E-state index contributed by atoms with van der Waals surface area (Å²) < 4.78 is 10.6. The molecule has 0 aliphatic heterocycles. The van der Waals surface area contributed by atoms with Gasteiger partial charge in [0, 0.05) is 24.5 Å².